The first-order valence-electron chi connectivity index (χ1n) is 6.02. The number of ether oxygens (including phenoxy) is 1. The Balaban J connectivity index is 2.46. The van der Waals surface area contributed by atoms with Crippen molar-refractivity contribution in [3.8, 4) is 5.75 Å². The maximum absolute atomic E-state index is 6.01. The summed E-state index contributed by atoms with van der Waals surface area (Å²) in [6.45, 7) is 0.440. The molecule has 2 aromatic rings. The molecule has 0 unspecified atom stereocenters. The van der Waals surface area contributed by atoms with Crippen molar-refractivity contribution in [1.29, 1.82) is 0 Å². The van der Waals surface area contributed by atoms with E-state index in [2.05, 4.69) is 4.90 Å². The van der Waals surface area contributed by atoms with Crippen LogP contribution in [0, 0.1) is 0 Å². The standard InChI is InChI=1S/C15H17ClN2O/c1-18(14-5-3-4-6-15(14)19-2)13-8-7-12(16)9-11(13)10-17/h3-9H,10,17H2,1-2H3. The Morgan fingerprint density at radius 1 is 1.16 bits per heavy atom. The number of methoxy groups -OCH3 is 1. The topological polar surface area (TPSA) is 38.5 Å². The summed E-state index contributed by atoms with van der Waals surface area (Å²) in [6, 6.07) is 13.6. The summed E-state index contributed by atoms with van der Waals surface area (Å²) in [5.74, 6) is 0.822. The number of hydrogen-bond donors (Lipinski definition) is 1. The molecule has 0 aliphatic rings. The lowest BCUT2D eigenvalue weighted by Crippen LogP contribution is -2.14. The summed E-state index contributed by atoms with van der Waals surface area (Å²) < 4.78 is 5.39. The Bertz CT molecular complexity index is 572. The number of halogens is 1. The maximum atomic E-state index is 6.01. The molecule has 4 heteroatoms. The predicted octanol–water partition coefficient (Wildman–Crippen LogP) is 3.58. The number of anilines is 2. The minimum atomic E-state index is 0.440. The second-order valence-electron chi connectivity index (χ2n) is 4.21. The molecule has 0 aliphatic carbocycles. The molecule has 0 amide bonds. The van der Waals surface area contributed by atoms with E-state index in [1.54, 1.807) is 7.11 Å². The lowest BCUT2D eigenvalue weighted by atomic mass is 10.1. The Labute approximate surface area is 118 Å². The van der Waals surface area contributed by atoms with Gasteiger partial charge in [0.1, 0.15) is 5.75 Å². The van der Waals surface area contributed by atoms with Crippen LogP contribution in [-0.4, -0.2) is 14.2 Å². The van der Waals surface area contributed by atoms with Gasteiger partial charge in [-0.15, -0.1) is 0 Å². The first kappa shape index (κ1) is 13.7. The average molecular weight is 277 g/mol. The lowest BCUT2D eigenvalue weighted by molar-refractivity contribution is 0.415. The third kappa shape index (κ3) is 2.83. The second kappa shape index (κ2) is 5.95. The summed E-state index contributed by atoms with van der Waals surface area (Å²) in [5.41, 5.74) is 8.80. The molecule has 0 bridgehead atoms. The van der Waals surface area contributed by atoms with Gasteiger partial charge in [-0.3, -0.25) is 0 Å². The molecule has 0 saturated carbocycles. The van der Waals surface area contributed by atoms with Gasteiger partial charge >= 0.3 is 0 Å². The number of rotatable bonds is 4. The van der Waals surface area contributed by atoms with Crippen molar-refractivity contribution in [2.75, 3.05) is 19.1 Å². The Morgan fingerprint density at radius 2 is 1.89 bits per heavy atom. The van der Waals surface area contributed by atoms with Crippen LogP contribution in [0.25, 0.3) is 0 Å². The molecule has 3 nitrogen and oxygen atoms in total. The van der Waals surface area contributed by atoms with Crippen molar-refractivity contribution < 1.29 is 4.74 Å². The normalized spacial score (nSPS) is 10.3. The number of nitrogens with zero attached hydrogens (tertiary/aromatic N) is 1. The molecule has 0 aliphatic heterocycles. The quantitative estimate of drug-likeness (QED) is 0.928. The fraction of sp³-hybridized carbons (Fsp3) is 0.200. The molecule has 0 spiro atoms. The van der Waals surface area contributed by atoms with Gasteiger partial charge in [0, 0.05) is 24.3 Å². The van der Waals surface area contributed by atoms with E-state index in [0.717, 1.165) is 22.7 Å². The second-order valence-corrected chi connectivity index (χ2v) is 4.64. The molecule has 2 aromatic carbocycles. The molecule has 0 saturated heterocycles. The average Bonchev–Trinajstić information content (AvgIpc) is 2.46. The van der Waals surface area contributed by atoms with Gasteiger partial charge in [-0.05, 0) is 35.9 Å². The van der Waals surface area contributed by atoms with Gasteiger partial charge < -0.3 is 15.4 Å². The lowest BCUT2D eigenvalue weighted by Gasteiger charge is -2.24. The first-order valence-corrected chi connectivity index (χ1v) is 6.40. The minimum Gasteiger partial charge on any atom is -0.495 e. The monoisotopic (exact) mass is 276 g/mol. The number of nitrogens with two attached hydrogens (primary N) is 1. The van der Waals surface area contributed by atoms with E-state index >= 15 is 0 Å². The summed E-state index contributed by atoms with van der Waals surface area (Å²) >= 11 is 6.01. The summed E-state index contributed by atoms with van der Waals surface area (Å²) in [5, 5.41) is 0.692. The van der Waals surface area contributed by atoms with E-state index < -0.39 is 0 Å². The van der Waals surface area contributed by atoms with Gasteiger partial charge in [-0.1, -0.05) is 23.7 Å². The van der Waals surface area contributed by atoms with Crippen LogP contribution in [0.15, 0.2) is 42.5 Å². The van der Waals surface area contributed by atoms with Gasteiger partial charge in [-0.25, -0.2) is 0 Å². The highest BCUT2D eigenvalue weighted by Gasteiger charge is 2.12. The van der Waals surface area contributed by atoms with Crippen LogP contribution in [0.5, 0.6) is 5.75 Å². The van der Waals surface area contributed by atoms with Gasteiger partial charge in [0.05, 0.1) is 12.8 Å². The molecule has 100 valence electrons. The molecule has 0 heterocycles. The number of para-hydroxylation sites is 2. The van der Waals surface area contributed by atoms with E-state index in [4.69, 9.17) is 22.1 Å². The number of hydrogen-bond acceptors (Lipinski definition) is 3. The van der Waals surface area contributed by atoms with Crippen molar-refractivity contribution in [3.63, 3.8) is 0 Å². The largest absolute Gasteiger partial charge is 0.495 e. The summed E-state index contributed by atoms with van der Waals surface area (Å²) in [7, 11) is 3.65. The molecule has 0 radical (unpaired) electrons. The van der Waals surface area contributed by atoms with E-state index in [-0.39, 0.29) is 0 Å². The van der Waals surface area contributed by atoms with Crippen LogP contribution in [0.4, 0.5) is 11.4 Å². The smallest absolute Gasteiger partial charge is 0.142 e. The van der Waals surface area contributed by atoms with Crippen molar-refractivity contribution >= 4 is 23.0 Å². The zero-order chi connectivity index (χ0) is 13.8. The highest BCUT2D eigenvalue weighted by atomic mass is 35.5. The Kier molecular flexibility index (Phi) is 4.30. The van der Waals surface area contributed by atoms with Crippen molar-refractivity contribution in [3.05, 3.63) is 53.1 Å². The van der Waals surface area contributed by atoms with Crippen molar-refractivity contribution in [2.24, 2.45) is 5.73 Å². The zero-order valence-corrected chi connectivity index (χ0v) is 11.8. The van der Waals surface area contributed by atoms with Crippen LogP contribution in [-0.2, 0) is 6.54 Å². The van der Waals surface area contributed by atoms with Crippen molar-refractivity contribution in [2.45, 2.75) is 6.54 Å². The fourth-order valence-corrected chi connectivity index (χ4v) is 2.28. The molecule has 0 atom stereocenters. The fourth-order valence-electron chi connectivity index (χ4n) is 2.08. The Hall–Kier alpha value is -1.71. The molecular formula is C15H17ClN2O. The van der Waals surface area contributed by atoms with Crippen LogP contribution in [0.1, 0.15) is 5.56 Å². The predicted molar refractivity (Wildman–Crippen MR) is 80.4 cm³/mol. The molecule has 0 aromatic heterocycles. The third-order valence-corrected chi connectivity index (χ3v) is 3.30. The van der Waals surface area contributed by atoms with Crippen LogP contribution < -0.4 is 15.4 Å². The van der Waals surface area contributed by atoms with E-state index in [9.17, 15) is 0 Å². The van der Waals surface area contributed by atoms with Crippen LogP contribution in [0.3, 0.4) is 0 Å². The highest BCUT2D eigenvalue weighted by molar-refractivity contribution is 6.30. The third-order valence-electron chi connectivity index (χ3n) is 3.07. The van der Waals surface area contributed by atoms with Gasteiger partial charge in [0.15, 0.2) is 0 Å². The Morgan fingerprint density at radius 3 is 2.58 bits per heavy atom. The van der Waals surface area contributed by atoms with Gasteiger partial charge in [-0.2, -0.15) is 0 Å². The first-order chi connectivity index (χ1) is 9.17. The van der Waals surface area contributed by atoms with Crippen molar-refractivity contribution in [1.82, 2.24) is 0 Å². The molecule has 2 N–H and O–H groups in total. The molecule has 0 fully saturated rings. The summed E-state index contributed by atoms with van der Waals surface area (Å²) in [4.78, 5) is 2.05. The van der Waals surface area contributed by atoms with Gasteiger partial charge in [0.25, 0.3) is 0 Å². The molecule has 19 heavy (non-hydrogen) atoms. The maximum Gasteiger partial charge on any atom is 0.142 e. The minimum absolute atomic E-state index is 0.440. The van der Waals surface area contributed by atoms with Gasteiger partial charge in [0.2, 0.25) is 0 Å². The van der Waals surface area contributed by atoms with Crippen LogP contribution >= 0.6 is 11.6 Å². The van der Waals surface area contributed by atoms with Crippen LogP contribution in [0.2, 0.25) is 5.02 Å². The zero-order valence-electron chi connectivity index (χ0n) is 11.1. The summed E-state index contributed by atoms with van der Waals surface area (Å²) in [6.07, 6.45) is 0. The highest BCUT2D eigenvalue weighted by Crippen LogP contribution is 2.34. The van der Waals surface area contributed by atoms with E-state index in [0.29, 0.717) is 11.6 Å². The molecular weight excluding hydrogens is 260 g/mol. The SMILES string of the molecule is COc1ccccc1N(C)c1ccc(Cl)cc1CN. The molecule has 2 rings (SSSR count). The van der Waals surface area contributed by atoms with E-state index in [1.807, 2.05) is 49.5 Å². The van der Waals surface area contributed by atoms with E-state index in [1.165, 1.54) is 0 Å². The number of benzene rings is 2.